The summed E-state index contributed by atoms with van der Waals surface area (Å²) in [5.74, 6) is 0.112. The van der Waals surface area contributed by atoms with E-state index in [0.717, 1.165) is 25.7 Å². The number of hydrogen-bond donors (Lipinski definition) is 2. The normalized spacial score (nSPS) is 21.9. The predicted molar refractivity (Wildman–Crippen MR) is 79.7 cm³/mol. The summed E-state index contributed by atoms with van der Waals surface area (Å²) < 4.78 is 1.77. The third kappa shape index (κ3) is 6.27. The van der Waals surface area contributed by atoms with Crippen molar-refractivity contribution in [3.8, 4) is 0 Å². The van der Waals surface area contributed by atoms with Crippen molar-refractivity contribution in [3.05, 3.63) is 18.5 Å². The molecule has 1 aromatic heterocycles. The average Bonchev–Trinajstić information content (AvgIpc) is 2.83. The maximum absolute atomic E-state index is 11.7. The molecule has 0 aliphatic heterocycles. The summed E-state index contributed by atoms with van der Waals surface area (Å²) in [6.07, 6.45) is 8.13. The summed E-state index contributed by atoms with van der Waals surface area (Å²) in [6, 6.07) is 2.51. The first-order valence-corrected chi connectivity index (χ1v) is 6.26. The molecule has 1 fully saturated rings. The molecular formula is C12H22Cl2N4O. The van der Waals surface area contributed by atoms with E-state index in [0.29, 0.717) is 25.0 Å². The highest BCUT2D eigenvalue weighted by Crippen LogP contribution is 2.16. The van der Waals surface area contributed by atoms with Crippen LogP contribution in [0.1, 0.15) is 32.1 Å². The second kappa shape index (κ2) is 9.18. The van der Waals surface area contributed by atoms with E-state index in [1.54, 1.807) is 10.9 Å². The van der Waals surface area contributed by atoms with E-state index in [1.165, 1.54) is 0 Å². The van der Waals surface area contributed by atoms with Gasteiger partial charge in [-0.1, -0.05) is 0 Å². The van der Waals surface area contributed by atoms with Crippen LogP contribution in [0, 0.1) is 0 Å². The molecule has 1 saturated carbocycles. The Morgan fingerprint density at radius 1 is 1.32 bits per heavy atom. The number of rotatable bonds is 4. The summed E-state index contributed by atoms with van der Waals surface area (Å²) in [5.41, 5.74) is 5.83. The molecule has 7 heteroatoms. The van der Waals surface area contributed by atoms with Gasteiger partial charge >= 0.3 is 0 Å². The zero-order chi connectivity index (χ0) is 12.1. The van der Waals surface area contributed by atoms with Gasteiger partial charge in [-0.3, -0.25) is 9.48 Å². The number of aryl methyl sites for hydroxylation is 1. The summed E-state index contributed by atoms with van der Waals surface area (Å²) in [6.45, 7) is 0.644. The van der Waals surface area contributed by atoms with Crippen LogP contribution in [-0.4, -0.2) is 27.8 Å². The number of hydrogen-bond acceptors (Lipinski definition) is 3. The van der Waals surface area contributed by atoms with E-state index < -0.39 is 0 Å². The number of halogens is 2. The number of nitrogens with one attached hydrogen (secondary N) is 1. The number of carbonyl (C=O) groups is 1. The highest BCUT2D eigenvalue weighted by atomic mass is 35.5. The van der Waals surface area contributed by atoms with Gasteiger partial charge in [-0.15, -0.1) is 24.8 Å². The van der Waals surface area contributed by atoms with E-state index in [2.05, 4.69) is 10.4 Å². The van der Waals surface area contributed by atoms with E-state index in [4.69, 9.17) is 5.73 Å². The Labute approximate surface area is 126 Å². The first kappa shape index (κ1) is 18.2. The fourth-order valence-electron chi connectivity index (χ4n) is 2.21. The molecule has 1 aromatic rings. The van der Waals surface area contributed by atoms with Crippen molar-refractivity contribution in [2.45, 2.75) is 50.7 Å². The molecule has 1 aliphatic carbocycles. The lowest BCUT2D eigenvalue weighted by molar-refractivity contribution is -0.122. The Morgan fingerprint density at radius 3 is 2.58 bits per heavy atom. The van der Waals surface area contributed by atoms with Gasteiger partial charge in [0, 0.05) is 37.4 Å². The lowest BCUT2D eigenvalue weighted by Crippen LogP contribution is -2.40. The Morgan fingerprint density at radius 2 is 2.00 bits per heavy atom. The predicted octanol–water partition coefficient (Wildman–Crippen LogP) is 1.50. The quantitative estimate of drug-likeness (QED) is 0.885. The Bertz CT molecular complexity index is 351. The largest absolute Gasteiger partial charge is 0.353 e. The van der Waals surface area contributed by atoms with Gasteiger partial charge in [0.2, 0.25) is 5.91 Å². The van der Waals surface area contributed by atoms with Crippen molar-refractivity contribution in [1.82, 2.24) is 15.1 Å². The fraction of sp³-hybridized carbons (Fsp3) is 0.667. The van der Waals surface area contributed by atoms with E-state index in [-0.39, 0.29) is 30.7 Å². The smallest absolute Gasteiger partial charge is 0.222 e. The molecular weight excluding hydrogens is 287 g/mol. The summed E-state index contributed by atoms with van der Waals surface area (Å²) >= 11 is 0. The summed E-state index contributed by atoms with van der Waals surface area (Å²) in [7, 11) is 0. The molecule has 0 unspecified atom stereocenters. The lowest BCUT2D eigenvalue weighted by atomic mass is 9.92. The van der Waals surface area contributed by atoms with Crippen LogP contribution in [0.5, 0.6) is 0 Å². The molecule has 0 aromatic carbocycles. The highest BCUT2D eigenvalue weighted by Gasteiger charge is 2.19. The van der Waals surface area contributed by atoms with Gasteiger partial charge in [0.05, 0.1) is 0 Å². The van der Waals surface area contributed by atoms with E-state index in [1.807, 2.05) is 12.3 Å². The zero-order valence-electron chi connectivity index (χ0n) is 10.8. The van der Waals surface area contributed by atoms with Crippen LogP contribution in [0.4, 0.5) is 0 Å². The van der Waals surface area contributed by atoms with Crippen LogP contribution in [0.3, 0.4) is 0 Å². The van der Waals surface area contributed by atoms with Crippen molar-refractivity contribution in [2.75, 3.05) is 0 Å². The third-order valence-electron chi connectivity index (χ3n) is 3.26. The third-order valence-corrected chi connectivity index (χ3v) is 3.26. The van der Waals surface area contributed by atoms with Crippen molar-refractivity contribution in [3.63, 3.8) is 0 Å². The van der Waals surface area contributed by atoms with Gasteiger partial charge in [-0.25, -0.2) is 0 Å². The van der Waals surface area contributed by atoms with Gasteiger partial charge < -0.3 is 11.1 Å². The minimum Gasteiger partial charge on any atom is -0.353 e. The first-order chi connectivity index (χ1) is 8.24. The van der Waals surface area contributed by atoms with Gasteiger partial charge in [-0.2, -0.15) is 5.10 Å². The molecule has 1 aliphatic rings. The van der Waals surface area contributed by atoms with Crippen molar-refractivity contribution in [1.29, 1.82) is 0 Å². The molecule has 0 spiro atoms. The van der Waals surface area contributed by atoms with Gasteiger partial charge in [-0.05, 0) is 31.7 Å². The van der Waals surface area contributed by atoms with E-state index >= 15 is 0 Å². The SMILES string of the molecule is Cl.Cl.NC1CCC(NC(=O)CCn2cccn2)CC1. The second-order valence-electron chi connectivity index (χ2n) is 4.70. The number of amides is 1. The molecule has 2 rings (SSSR count). The van der Waals surface area contributed by atoms with Gasteiger partial charge in [0.15, 0.2) is 0 Å². The molecule has 110 valence electrons. The second-order valence-corrected chi connectivity index (χ2v) is 4.70. The Hall–Kier alpha value is -0.780. The van der Waals surface area contributed by atoms with Gasteiger partial charge in [0.25, 0.3) is 0 Å². The molecule has 1 amide bonds. The minimum atomic E-state index is 0. The standard InChI is InChI=1S/C12H20N4O.2ClH/c13-10-2-4-11(5-3-10)15-12(17)6-9-16-8-1-7-14-16;;/h1,7-8,10-11H,2-6,9,13H2,(H,15,17);2*1H. The van der Waals surface area contributed by atoms with Crippen molar-refractivity contribution in [2.24, 2.45) is 5.73 Å². The Kier molecular flexibility index (Phi) is 8.80. The number of nitrogens with two attached hydrogens (primary N) is 1. The number of nitrogens with zero attached hydrogens (tertiary/aromatic N) is 2. The number of carbonyl (C=O) groups excluding carboxylic acids is 1. The molecule has 3 N–H and O–H groups in total. The van der Waals surface area contributed by atoms with Crippen molar-refractivity contribution >= 4 is 30.7 Å². The molecule has 19 heavy (non-hydrogen) atoms. The maximum atomic E-state index is 11.7. The highest BCUT2D eigenvalue weighted by molar-refractivity contribution is 5.85. The Balaban J connectivity index is 0.00000162. The van der Waals surface area contributed by atoms with E-state index in [9.17, 15) is 4.79 Å². The zero-order valence-corrected chi connectivity index (χ0v) is 12.5. The summed E-state index contributed by atoms with van der Waals surface area (Å²) in [5, 5.41) is 7.13. The monoisotopic (exact) mass is 308 g/mol. The molecule has 1 heterocycles. The molecule has 0 saturated heterocycles. The maximum Gasteiger partial charge on any atom is 0.222 e. The molecule has 0 bridgehead atoms. The minimum absolute atomic E-state index is 0. The molecule has 5 nitrogen and oxygen atoms in total. The lowest BCUT2D eigenvalue weighted by Gasteiger charge is -2.26. The van der Waals surface area contributed by atoms with Crippen LogP contribution < -0.4 is 11.1 Å². The van der Waals surface area contributed by atoms with Crippen LogP contribution in [0.2, 0.25) is 0 Å². The van der Waals surface area contributed by atoms with Crippen LogP contribution >= 0.6 is 24.8 Å². The number of aromatic nitrogens is 2. The first-order valence-electron chi connectivity index (χ1n) is 6.26. The van der Waals surface area contributed by atoms with Crippen LogP contribution in [-0.2, 0) is 11.3 Å². The molecule has 0 atom stereocenters. The summed E-state index contributed by atoms with van der Waals surface area (Å²) in [4.78, 5) is 11.7. The fourth-order valence-corrected chi connectivity index (χ4v) is 2.21. The topological polar surface area (TPSA) is 72.9 Å². The average molecular weight is 309 g/mol. The van der Waals surface area contributed by atoms with Gasteiger partial charge in [0.1, 0.15) is 0 Å². The van der Waals surface area contributed by atoms with Crippen LogP contribution in [0.15, 0.2) is 18.5 Å². The molecule has 0 radical (unpaired) electrons. The van der Waals surface area contributed by atoms with Crippen molar-refractivity contribution < 1.29 is 4.79 Å². The van der Waals surface area contributed by atoms with Crippen LogP contribution in [0.25, 0.3) is 0 Å².